The minimum Gasteiger partial charge on any atom is -0.492 e. The Morgan fingerprint density at radius 3 is 2.88 bits per heavy atom. The minimum atomic E-state index is -0.278. The van der Waals surface area contributed by atoms with Crippen LogP contribution in [-0.4, -0.2) is 49.7 Å². The molecule has 0 saturated carbocycles. The number of carbonyl (C=O) groups is 2. The normalized spacial score (nSPS) is 13.8. The third-order valence-electron chi connectivity index (χ3n) is 3.47. The van der Waals surface area contributed by atoms with E-state index in [0.717, 1.165) is 0 Å². The second kappa shape index (κ2) is 9.59. The number of nitrogens with one attached hydrogen (secondary N) is 1. The zero-order valence-electron chi connectivity index (χ0n) is 13.2. The molecule has 6 nitrogen and oxygen atoms in total. The highest BCUT2D eigenvalue weighted by atomic mass is 35.5. The van der Waals surface area contributed by atoms with Gasteiger partial charge in [-0.2, -0.15) is 0 Å². The smallest absolute Gasteiger partial charge is 0.409 e. The van der Waals surface area contributed by atoms with Gasteiger partial charge in [-0.05, 0) is 31.0 Å². The maximum Gasteiger partial charge on any atom is 0.409 e. The molecule has 24 heavy (non-hydrogen) atoms. The monoisotopic (exact) mass is 374 g/mol. The number of halogens is 2. The molecule has 2 amide bonds. The summed E-state index contributed by atoms with van der Waals surface area (Å²) in [7, 11) is 0. The van der Waals surface area contributed by atoms with Crippen LogP contribution in [0.25, 0.3) is 0 Å². The van der Waals surface area contributed by atoms with E-state index >= 15 is 0 Å². The minimum absolute atomic E-state index is 0.0372. The molecule has 0 aromatic heterocycles. The topological polar surface area (TPSA) is 67.9 Å². The molecule has 2 rings (SSSR count). The summed E-state index contributed by atoms with van der Waals surface area (Å²) in [5.74, 6) is 0.517. The molecule has 1 aliphatic rings. The van der Waals surface area contributed by atoms with Gasteiger partial charge in [0.15, 0.2) is 0 Å². The number of hydrogen-bond acceptors (Lipinski definition) is 4. The van der Waals surface area contributed by atoms with E-state index in [1.807, 2.05) is 0 Å². The molecule has 0 unspecified atom stereocenters. The van der Waals surface area contributed by atoms with Crippen LogP contribution in [-0.2, 0) is 9.53 Å². The number of carbonyl (C=O) groups excluding carboxylic acids is 2. The van der Waals surface area contributed by atoms with E-state index < -0.39 is 0 Å². The Morgan fingerprint density at radius 1 is 1.33 bits per heavy atom. The lowest BCUT2D eigenvalue weighted by Crippen LogP contribution is -2.30. The summed E-state index contributed by atoms with van der Waals surface area (Å²) in [6.45, 7) is 2.60. The molecule has 1 fully saturated rings. The van der Waals surface area contributed by atoms with Crippen molar-refractivity contribution in [2.24, 2.45) is 0 Å². The fraction of sp³-hybridized carbons (Fsp3) is 0.500. The number of hydrogen-bond donors (Lipinski definition) is 1. The second-order valence-corrected chi connectivity index (χ2v) is 6.18. The maximum absolute atomic E-state index is 11.7. The highest BCUT2D eigenvalue weighted by Crippen LogP contribution is 2.27. The van der Waals surface area contributed by atoms with Crippen molar-refractivity contribution in [1.82, 2.24) is 10.2 Å². The Hall–Kier alpha value is -1.66. The first-order valence-electron chi connectivity index (χ1n) is 7.82. The van der Waals surface area contributed by atoms with Gasteiger partial charge in [0.1, 0.15) is 12.4 Å². The van der Waals surface area contributed by atoms with E-state index in [-0.39, 0.29) is 12.0 Å². The Labute approximate surface area is 151 Å². The molecule has 1 heterocycles. The molecule has 1 N–H and O–H groups in total. The molecule has 0 spiro atoms. The Bertz CT molecular complexity index is 583. The molecule has 132 valence electrons. The van der Waals surface area contributed by atoms with Crippen molar-refractivity contribution in [3.63, 3.8) is 0 Å². The van der Waals surface area contributed by atoms with Gasteiger partial charge in [-0.3, -0.25) is 4.79 Å². The SMILES string of the molecule is O=C(CCCOc1ccc(Cl)cc1Cl)NCCCN1CCOC1=O. The molecule has 1 aromatic rings. The van der Waals surface area contributed by atoms with Crippen molar-refractivity contribution < 1.29 is 19.1 Å². The first-order valence-corrected chi connectivity index (χ1v) is 8.58. The summed E-state index contributed by atoms with van der Waals surface area (Å²) in [5, 5.41) is 3.82. The number of rotatable bonds is 9. The molecule has 0 radical (unpaired) electrons. The lowest BCUT2D eigenvalue weighted by atomic mass is 10.3. The van der Waals surface area contributed by atoms with Crippen LogP contribution in [0.5, 0.6) is 5.75 Å². The van der Waals surface area contributed by atoms with Gasteiger partial charge >= 0.3 is 6.09 Å². The first kappa shape index (κ1) is 18.7. The zero-order valence-corrected chi connectivity index (χ0v) is 14.7. The number of ether oxygens (including phenoxy) is 2. The van der Waals surface area contributed by atoms with Crippen LogP contribution >= 0.6 is 23.2 Å². The zero-order chi connectivity index (χ0) is 17.4. The summed E-state index contributed by atoms with van der Waals surface area (Å²) in [6, 6.07) is 5.01. The van der Waals surface area contributed by atoms with E-state index in [0.29, 0.717) is 67.9 Å². The highest BCUT2D eigenvalue weighted by molar-refractivity contribution is 6.35. The highest BCUT2D eigenvalue weighted by Gasteiger charge is 2.20. The fourth-order valence-corrected chi connectivity index (χ4v) is 2.69. The first-order chi connectivity index (χ1) is 11.6. The number of benzene rings is 1. The van der Waals surface area contributed by atoms with E-state index in [9.17, 15) is 9.59 Å². The summed E-state index contributed by atoms with van der Waals surface area (Å²) in [5.41, 5.74) is 0. The molecule has 0 atom stereocenters. The molecule has 1 aliphatic heterocycles. The van der Waals surface area contributed by atoms with Gasteiger partial charge in [-0.25, -0.2) is 4.79 Å². The summed E-state index contributed by atoms with van der Waals surface area (Å²) in [6.07, 6.45) is 1.39. The van der Waals surface area contributed by atoms with Crippen LogP contribution in [0.2, 0.25) is 10.0 Å². The molecular weight excluding hydrogens is 355 g/mol. The van der Waals surface area contributed by atoms with Crippen molar-refractivity contribution >= 4 is 35.2 Å². The van der Waals surface area contributed by atoms with Crippen LogP contribution in [0.4, 0.5) is 4.79 Å². The van der Waals surface area contributed by atoms with E-state index in [2.05, 4.69) is 5.32 Å². The molecule has 0 aliphatic carbocycles. The van der Waals surface area contributed by atoms with E-state index in [4.69, 9.17) is 32.7 Å². The van der Waals surface area contributed by atoms with Crippen LogP contribution in [0.1, 0.15) is 19.3 Å². The van der Waals surface area contributed by atoms with Crippen LogP contribution in [0.3, 0.4) is 0 Å². The van der Waals surface area contributed by atoms with Gasteiger partial charge in [0, 0.05) is 24.5 Å². The standard InChI is InChI=1S/C16H20Cl2N2O4/c17-12-4-5-14(13(18)11-12)23-9-1-3-15(21)19-6-2-7-20-8-10-24-16(20)22/h4-5,11H,1-3,6-10H2,(H,19,21). The predicted octanol–water partition coefficient (Wildman–Crippen LogP) is 3.11. The average molecular weight is 375 g/mol. The van der Waals surface area contributed by atoms with Gasteiger partial charge in [-0.1, -0.05) is 23.2 Å². The summed E-state index contributed by atoms with van der Waals surface area (Å²) < 4.78 is 10.3. The van der Waals surface area contributed by atoms with Gasteiger partial charge in [0.2, 0.25) is 5.91 Å². The largest absolute Gasteiger partial charge is 0.492 e. The third kappa shape index (κ3) is 6.09. The van der Waals surface area contributed by atoms with Gasteiger partial charge in [-0.15, -0.1) is 0 Å². The third-order valence-corrected chi connectivity index (χ3v) is 4.00. The Kier molecular flexibility index (Phi) is 7.46. The van der Waals surface area contributed by atoms with Gasteiger partial charge < -0.3 is 19.7 Å². The van der Waals surface area contributed by atoms with Crippen LogP contribution in [0.15, 0.2) is 18.2 Å². The summed E-state index contributed by atoms with van der Waals surface area (Å²) in [4.78, 5) is 24.6. The lowest BCUT2D eigenvalue weighted by molar-refractivity contribution is -0.121. The summed E-state index contributed by atoms with van der Waals surface area (Å²) >= 11 is 11.8. The van der Waals surface area contributed by atoms with Crippen molar-refractivity contribution in [3.05, 3.63) is 28.2 Å². The lowest BCUT2D eigenvalue weighted by Gasteiger charge is -2.12. The number of amides is 2. The second-order valence-electron chi connectivity index (χ2n) is 5.33. The maximum atomic E-state index is 11.7. The predicted molar refractivity (Wildman–Crippen MR) is 91.7 cm³/mol. The number of nitrogens with zero attached hydrogens (tertiary/aromatic N) is 1. The van der Waals surface area contributed by atoms with Crippen molar-refractivity contribution in [1.29, 1.82) is 0 Å². The van der Waals surface area contributed by atoms with E-state index in [1.165, 1.54) is 0 Å². The molecule has 1 aromatic carbocycles. The van der Waals surface area contributed by atoms with Crippen LogP contribution < -0.4 is 10.1 Å². The quantitative estimate of drug-likeness (QED) is 0.674. The average Bonchev–Trinajstić information content (AvgIpc) is 2.95. The fourth-order valence-electron chi connectivity index (χ4n) is 2.22. The van der Waals surface area contributed by atoms with Crippen LogP contribution in [0, 0.1) is 0 Å². The van der Waals surface area contributed by atoms with Crippen molar-refractivity contribution in [2.45, 2.75) is 19.3 Å². The number of cyclic esters (lactones) is 1. The Balaban J connectivity index is 1.52. The molecule has 8 heteroatoms. The van der Waals surface area contributed by atoms with Crippen molar-refractivity contribution in [3.8, 4) is 5.75 Å². The molecule has 1 saturated heterocycles. The van der Waals surface area contributed by atoms with Gasteiger partial charge in [0.25, 0.3) is 0 Å². The van der Waals surface area contributed by atoms with Gasteiger partial charge in [0.05, 0.1) is 18.2 Å². The molecule has 0 bridgehead atoms. The Morgan fingerprint density at radius 2 is 2.17 bits per heavy atom. The van der Waals surface area contributed by atoms with Crippen molar-refractivity contribution in [2.75, 3.05) is 32.8 Å². The van der Waals surface area contributed by atoms with E-state index in [1.54, 1.807) is 23.1 Å². The molecular formula is C16H20Cl2N2O4.